The maximum atomic E-state index is 11.3. The van der Waals surface area contributed by atoms with Gasteiger partial charge in [0.25, 0.3) is 0 Å². The third-order valence-corrected chi connectivity index (χ3v) is 65.2. The quantitative estimate of drug-likeness (QED) is 0.290. The van der Waals surface area contributed by atoms with Crippen LogP contribution in [-0.2, 0) is 0 Å². The zero-order valence-electron chi connectivity index (χ0n) is 16.4. The molecule has 0 spiro atoms. The summed E-state index contributed by atoms with van der Waals surface area (Å²) in [5.74, 6) is 0. The van der Waals surface area contributed by atoms with Crippen LogP contribution in [0.3, 0.4) is 0 Å². The number of rotatable bonds is 3. The van der Waals surface area contributed by atoms with Crippen LogP contribution in [0.2, 0.25) is 58.9 Å². The maximum absolute atomic E-state index is 11.3. The Bertz CT molecular complexity index is 330. The van der Waals surface area contributed by atoms with Crippen molar-refractivity contribution in [3.8, 4) is 0 Å². The van der Waals surface area contributed by atoms with Crippen molar-refractivity contribution in [1.82, 2.24) is 0 Å². The first-order valence-electron chi connectivity index (χ1n) is 7.70. The molecular formula is C12H27F9GeSi4. The molecule has 0 bridgehead atoms. The van der Waals surface area contributed by atoms with Crippen LogP contribution in [0.25, 0.3) is 0 Å². The van der Waals surface area contributed by atoms with Crippen molar-refractivity contribution in [2.45, 2.75) is 73.9 Å². The van der Waals surface area contributed by atoms with E-state index in [4.69, 9.17) is 0 Å². The Morgan fingerprint density at radius 3 is 0.615 bits per heavy atom. The van der Waals surface area contributed by atoms with E-state index < -0.39 is 52.1 Å². The molecule has 0 aromatic heterocycles. The predicted octanol–water partition coefficient (Wildman–Crippen LogP) is 6.52. The van der Waals surface area contributed by atoms with Gasteiger partial charge in [0, 0.05) is 30.1 Å². The SMILES string of the molecule is C[Si](C)(C)[Si]([Si](C)(C)C)[Si](C)(C)C.F[C](F)(F)[Ge]([C](F)(F)F)[C](F)(F)F. The summed E-state index contributed by atoms with van der Waals surface area (Å²) >= 11 is -7.10. The average molecular weight is 527 g/mol. The van der Waals surface area contributed by atoms with Crippen LogP contribution in [0.15, 0.2) is 0 Å². The molecule has 0 rings (SSSR count). The third kappa shape index (κ3) is 10.4. The van der Waals surface area contributed by atoms with Gasteiger partial charge in [-0.1, -0.05) is 58.9 Å². The molecule has 2 radical (unpaired) electrons. The first kappa shape index (κ1) is 29.0. The molecule has 14 heteroatoms. The summed E-state index contributed by atoms with van der Waals surface area (Å²) in [7, 11) is -2.47. The molecule has 26 heavy (non-hydrogen) atoms. The van der Waals surface area contributed by atoms with Gasteiger partial charge < -0.3 is 0 Å². The molecule has 0 saturated carbocycles. The molecule has 0 saturated heterocycles. The third-order valence-electron chi connectivity index (χ3n) is 3.10. The molecule has 0 atom stereocenters. The number of halogens is 9. The van der Waals surface area contributed by atoms with E-state index in [0.29, 0.717) is 0 Å². The Labute approximate surface area is 158 Å². The molecule has 0 aliphatic rings. The number of hydrogen-bond acceptors (Lipinski definition) is 0. The van der Waals surface area contributed by atoms with Crippen molar-refractivity contribution in [2.24, 2.45) is 0 Å². The summed E-state index contributed by atoms with van der Waals surface area (Å²) in [6, 6.07) is 0. The fourth-order valence-corrected chi connectivity index (χ4v) is 93.6. The number of alkyl halides is 9. The number of hydrogen-bond donors (Lipinski definition) is 0. The van der Waals surface area contributed by atoms with Crippen LogP contribution in [-0.4, -0.2) is 59.5 Å². The van der Waals surface area contributed by atoms with E-state index >= 15 is 0 Å². The summed E-state index contributed by atoms with van der Waals surface area (Å²) in [6.45, 7) is 23.5. The van der Waals surface area contributed by atoms with Crippen LogP contribution in [0.4, 0.5) is 39.5 Å². The predicted molar refractivity (Wildman–Crippen MR) is 99.7 cm³/mol. The summed E-state index contributed by atoms with van der Waals surface area (Å²) in [5, 5.41) is -18.6. The zero-order valence-corrected chi connectivity index (χ0v) is 22.5. The second-order valence-electron chi connectivity index (χ2n) is 8.99. The van der Waals surface area contributed by atoms with Crippen LogP contribution in [0, 0.1) is 0 Å². The minimum absolute atomic E-state index is 0.0255. The molecule has 158 valence electrons. The second kappa shape index (κ2) is 8.65. The topological polar surface area (TPSA) is 0 Å². The molecule has 0 amide bonds. The van der Waals surface area contributed by atoms with E-state index in [9.17, 15) is 39.5 Å². The van der Waals surface area contributed by atoms with Gasteiger partial charge in [0.05, 0.1) is 0 Å². The van der Waals surface area contributed by atoms with E-state index in [0.717, 1.165) is 0 Å². The second-order valence-corrected chi connectivity index (χ2v) is 50.9. The van der Waals surface area contributed by atoms with Gasteiger partial charge in [-0.25, -0.2) is 0 Å². The van der Waals surface area contributed by atoms with Gasteiger partial charge in [0.1, 0.15) is 0 Å². The molecule has 0 N–H and O–H groups in total. The van der Waals surface area contributed by atoms with Gasteiger partial charge in [0.2, 0.25) is 0 Å². The van der Waals surface area contributed by atoms with Crippen molar-refractivity contribution >= 4 is 44.5 Å². The molecule has 0 aromatic rings. The monoisotopic (exact) mass is 528 g/mol. The van der Waals surface area contributed by atoms with E-state index in [2.05, 4.69) is 58.9 Å². The van der Waals surface area contributed by atoms with Gasteiger partial charge in [-0.05, 0) is 0 Å². The normalized spacial score (nSPS) is 15.2. The van der Waals surface area contributed by atoms with Gasteiger partial charge in [-0.2, -0.15) is 0 Å². The van der Waals surface area contributed by atoms with E-state index in [-0.39, 0.29) is 7.35 Å². The van der Waals surface area contributed by atoms with Crippen molar-refractivity contribution in [3.05, 3.63) is 0 Å². The van der Waals surface area contributed by atoms with Crippen LogP contribution in [0.5, 0.6) is 0 Å². The van der Waals surface area contributed by atoms with Crippen molar-refractivity contribution in [2.75, 3.05) is 0 Å². The van der Waals surface area contributed by atoms with Crippen LogP contribution in [0.1, 0.15) is 0 Å². The Balaban J connectivity index is 0. The van der Waals surface area contributed by atoms with E-state index in [1.807, 2.05) is 0 Å². The Kier molecular flexibility index (Phi) is 9.64. The summed E-state index contributed by atoms with van der Waals surface area (Å²) in [4.78, 5) is 0. The summed E-state index contributed by atoms with van der Waals surface area (Å²) in [5.41, 5.74) is 0. The first-order valence-corrected chi connectivity index (χ1v) is 25.8. The van der Waals surface area contributed by atoms with Crippen LogP contribution >= 0.6 is 0 Å². The molecule has 0 nitrogen and oxygen atoms in total. The average Bonchev–Trinajstić information content (AvgIpc) is 1.97. The Morgan fingerprint density at radius 2 is 0.615 bits per heavy atom. The summed E-state index contributed by atoms with van der Waals surface area (Å²) < 4.78 is 102. The van der Waals surface area contributed by atoms with E-state index in [1.165, 1.54) is 0 Å². The van der Waals surface area contributed by atoms with Gasteiger partial charge in [0.15, 0.2) is 0 Å². The molecule has 0 aromatic carbocycles. The molecule has 0 unspecified atom stereocenters. The Hall–Kier alpha value is 0.780. The minimum atomic E-state index is -7.10. The fraction of sp³-hybridized carbons (Fsp3) is 1.00. The van der Waals surface area contributed by atoms with Gasteiger partial charge in [-0.3, -0.25) is 0 Å². The molecule has 0 aliphatic heterocycles. The van der Waals surface area contributed by atoms with E-state index in [1.54, 1.807) is 0 Å². The van der Waals surface area contributed by atoms with Gasteiger partial charge >= 0.3 is 68.9 Å². The van der Waals surface area contributed by atoms with Crippen molar-refractivity contribution < 1.29 is 39.5 Å². The zero-order chi connectivity index (χ0) is 22.2. The van der Waals surface area contributed by atoms with Crippen LogP contribution < -0.4 is 0 Å². The molecule has 0 aliphatic carbocycles. The van der Waals surface area contributed by atoms with Crippen molar-refractivity contribution in [1.29, 1.82) is 0 Å². The molecule has 0 fully saturated rings. The standard InChI is InChI=1S/C9H27Si4.C3F9Ge/c1-11(2,3)10(12(4,5)6)13(7,8)9;4-1(5,6)13(2(7,8)9)3(10,11)12/h1-9H3;. The molecule has 0 heterocycles. The first-order chi connectivity index (χ1) is 10.7. The van der Waals surface area contributed by atoms with Crippen molar-refractivity contribution in [3.63, 3.8) is 0 Å². The Morgan fingerprint density at radius 1 is 0.462 bits per heavy atom. The summed E-state index contributed by atoms with van der Waals surface area (Å²) in [6.07, 6.45) is 0. The fourth-order valence-electron chi connectivity index (χ4n) is 3.86. The molecular weight excluding hydrogens is 500 g/mol. The van der Waals surface area contributed by atoms with Gasteiger partial charge in [-0.15, -0.1) is 0 Å².